The van der Waals surface area contributed by atoms with Gasteiger partial charge in [0.25, 0.3) is 0 Å². The van der Waals surface area contributed by atoms with Gasteiger partial charge in [-0.3, -0.25) is 0 Å². The van der Waals surface area contributed by atoms with Crippen LogP contribution in [-0.4, -0.2) is 11.5 Å². The normalized spacial score (nSPS) is 24.3. The highest BCUT2D eigenvalue weighted by Crippen LogP contribution is 2.38. The molecule has 1 heterocycles. The molecule has 1 saturated carbocycles. The first-order valence-electron chi connectivity index (χ1n) is 7.48. The van der Waals surface area contributed by atoms with E-state index in [0.29, 0.717) is 0 Å². The Morgan fingerprint density at radius 1 is 1.28 bits per heavy atom. The minimum Gasteiger partial charge on any atom is -0.311 e. The Morgan fingerprint density at radius 2 is 2.06 bits per heavy atom. The maximum Gasteiger partial charge on any atom is 0.0959 e. The number of aromatic nitrogens is 1. The van der Waals surface area contributed by atoms with E-state index < -0.39 is 0 Å². The molecule has 102 valence electrons. The highest BCUT2D eigenvalue weighted by atomic mass is 32.1. The molecule has 0 unspecified atom stereocenters. The van der Waals surface area contributed by atoms with Crippen LogP contribution in [0.5, 0.6) is 0 Å². The Hall–Kier alpha value is -0.410. The third kappa shape index (κ3) is 3.79. The molecule has 1 fully saturated rings. The van der Waals surface area contributed by atoms with Crippen molar-refractivity contribution < 1.29 is 0 Å². The molecule has 0 spiro atoms. The number of hydrogen-bond donors (Lipinski definition) is 1. The average molecular weight is 266 g/mol. The number of nitrogens with zero attached hydrogens (tertiary/aromatic N) is 1. The van der Waals surface area contributed by atoms with Gasteiger partial charge in [-0.1, -0.05) is 26.7 Å². The highest BCUT2D eigenvalue weighted by Gasteiger charge is 2.23. The van der Waals surface area contributed by atoms with Crippen LogP contribution in [0.1, 0.15) is 69.0 Å². The van der Waals surface area contributed by atoms with E-state index in [2.05, 4.69) is 24.5 Å². The van der Waals surface area contributed by atoms with Crippen LogP contribution >= 0.6 is 11.3 Å². The number of rotatable bonds is 6. The number of nitrogens with one attached hydrogen (secondary N) is 1. The molecular formula is C15H26N2S. The average Bonchev–Trinajstić information content (AvgIpc) is 2.86. The summed E-state index contributed by atoms with van der Waals surface area (Å²) in [6, 6.07) is 0. The third-order valence-electron chi connectivity index (χ3n) is 4.02. The summed E-state index contributed by atoms with van der Waals surface area (Å²) in [6.45, 7) is 6.40. The van der Waals surface area contributed by atoms with E-state index in [0.717, 1.165) is 24.9 Å². The summed E-state index contributed by atoms with van der Waals surface area (Å²) in [7, 11) is 0. The zero-order chi connectivity index (χ0) is 12.8. The monoisotopic (exact) mass is 266 g/mol. The minimum absolute atomic E-state index is 0.749. The fourth-order valence-corrected chi connectivity index (χ4v) is 3.94. The van der Waals surface area contributed by atoms with E-state index in [1.165, 1.54) is 49.2 Å². The third-order valence-corrected chi connectivity index (χ3v) is 5.07. The van der Waals surface area contributed by atoms with Gasteiger partial charge in [0.05, 0.1) is 10.7 Å². The largest absolute Gasteiger partial charge is 0.311 e. The molecule has 0 aromatic carbocycles. The van der Waals surface area contributed by atoms with Crippen LogP contribution in [0.25, 0.3) is 0 Å². The van der Waals surface area contributed by atoms with Crippen molar-refractivity contribution in [3.8, 4) is 0 Å². The van der Waals surface area contributed by atoms with Crippen molar-refractivity contribution in [1.82, 2.24) is 10.3 Å². The second-order valence-corrected chi connectivity index (χ2v) is 6.35. The van der Waals surface area contributed by atoms with Crippen molar-refractivity contribution in [2.45, 2.75) is 64.8 Å². The summed E-state index contributed by atoms with van der Waals surface area (Å²) < 4.78 is 0. The predicted octanol–water partition coefficient (Wildman–Crippen LogP) is 4.33. The Bertz CT molecular complexity index is 340. The first-order valence-corrected chi connectivity index (χ1v) is 8.36. The molecule has 2 rings (SSSR count). The van der Waals surface area contributed by atoms with Gasteiger partial charge in [0.2, 0.25) is 0 Å². The summed E-state index contributed by atoms with van der Waals surface area (Å²) in [4.78, 5) is 4.80. The van der Waals surface area contributed by atoms with Crippen molar-refractivity contribution in [2.75, 3.05) is 6.54 Å². The molecule has 1 aliphatic rings. The first kappa shape index (κ1) is 14.0. The van der Waals surface area contributed by atoms with Crippen LogP contribution in [0.2, 0.25) is 0 Å². The van der Waals surface area contributed by atoms with E-state index >= 15 is 0 Å². The molecule has 18 heavy (non-hydrogen) atoms. The van der Waals surface area contributed by atoms with Gasteiger partial charge in [-0.05, 0) is 38.1 Å². The minimum atomic E-state index is 0.749. The molecule has 3 heteroatoms. The Kier molecular flexibility index (Phi) is 5.64. The van der Waals surface area contributed by atoms with E-state index in [-0.39, 0.29) is 0 Å². The summed E-state index contributed by atoms with van der Waals surface area (Å²) in [5, 5.41) is 6.97. The molecule has 0 bridgehead atoms. The number of hydrogen-bond acceptors (Lipinski definition) is 3. The van der Waals surface area contributed by atoms with Crippen LogP contribution in [0.4, 0.5) is 0 Å². The molecule has 0 aliphatic heterocycles. The second kappa shape index (κ2) is 7.25. The van der Waals surface area contributed by atoms with E-state index in [1.807, 2.05) is 11.3 Å². The molecule has 1 aromatic rings. The van der Waals surface area contributed by atoms with Crippen LogP contribution in [0, 0.1) is 5.92 Å². The van der Waals surface area contributed by atoms with Gasteiger partial charge in [-0.25, -0.2) is 4.98 Å². The SMILES string of the molecule is CCCC1CCC(c2nc(CNCC)cs2)CC1. The van der Waals surface area contributed by atoms with Crippen molar-refractivity contribution in [3.63, 3.8) is 0 Å². The van der Waals surface area contributed by atoms with Crippen molar-refractivity contribution in [3.05, 3.63) is 16.1 Å². The van der Waals surface area contributed by atoms with Gasteiger partial charge >= 0.3 is 0 Å². The molecule has 1 aliphatic carbocycles. The molecule has 2 nitrogen and oxygen atoms in total. The lowest BCUT2D eigenvalue weighted by molar-refractivity contribution is 0.308. The molecule has 1 N–H and O–H groups in total. The fraction of sp³-hybridized carbons (Fsp3) is 0.800. The van der Waals surface area contributed by atoms with E-state index in [4.69, 9.17) is 4.98 Å². The molecule has 0 atom stereocenters. The van der Waals surface area contributed by atoms with Crippen LogP contribution < -0.4 is 5.32 Å². The first-order chi connectivity index (χ1) is 8.83. The molecule has 1 aromatic heterocycles. The molecular weight excluding hydrogens is 240 g/mol. The van der Waals surface area contributed by atoms with E-state index in [1.54, 1.807) is 0 Å². The predicted molar refractivity (Wildman–Crippen MR) is 79.1 cm³/mol. The Balaban J connectivity index is 1.83. The summed E-state index contributed by atoms with van der Waals surface area (Å²) in [5.74, 6) is 1.74. The zero-order valence-electron chi connectivity index (χ0n) is 11.7. The maximum absolute atomic E-state index is 4.80. The molecule has 0 radical (unpaired) electrons. The van der Waals surface area contributed by atoms with Crippen molar-refractivity contribution in [2.24, 2.45) is 5.92 Å². The van der Waals surface area contributed by atoms with Crippen molar-refractivity contribution in [1.29, 1.82) is 0 Å². The Labute approximate surface area is 115 Å². The van der Waals surface area contributed by atoms with Gasteiger partial charge in [0.1, 0.15) is 0 Å². The van der Waals surface area contributed by atoms with Gasteiger partial charge in [-0.15, -0.1) is 11.3 Å². The van der Waals surface area contributed by atoms with Gasteiger partial charge in [0.15, 0.2) is 0 Å². The summed E-state index contributed by atoms with van der Waals surface area (Å²) in [6.07, 6.45) is 8.33. The summed E-state index contributed by atoms with van der Waals surface area (Å²) >= 11 is 1.87. The zero-order valence-corrected chi connectivity index (χ0v) is 12.6. The van der Waals surface area contributed by atoms with E-state index in [9.17, 15) is 0 Å². The maximum atomic E-state index is 4.80. The molecule has 0 amide bonds. The van der Waals surface area contributed by atoms with Crippen LogP contribution in [0.15, 0.2) is 5.38 Å². The summed E-state index contributed by atoms with van der Waals surface area (Å²) in [5.41, 5.74) is 1.23. The van der Waals surface area contributed by atoms with Gasteiger partial charge in [0, 0.05) is 17.8 Å². The lowest BCUT2D eigenvalue weighted by Gasteiger charge is -2.26. The fourth-order valence-electron chi connectivity index (χ4n) is 2.95. The topological polar surface area (TPSA) is 24.9 Å². The van der Waals surface area contributed by atoms with Crippen molar-refractivity contribution >= 4 is 11.3 Å². The van der Waals surface area contributed by atoms with Gasteiger partial charge in [-0.2, -0.15) is 0 Å². The number of thiazole rings is 1. The lowest BCUT2D eigenvalue weighted by Crippen LogP contribution is -2.14. The quantitative estimate of drug-likeness (QED) is 0.829. The van der Waals surface area contributed by atoms with Gasteiger partial charge < -0.3 is 5.32 Å². The highest BCUT2D eigenvalue weighted by molar-refractivity contribution is 7.09. The standard InChI is InChI=1S/C15H26N2S/c1-3-5-12-6-8-13(9-7-12)15-17-14(11-18-15)10-16-4-2/h11-13,16H,3-10H2,1-2H3. The molecule has 0 saturated heterocycles. The lowest BCUT2D eigenvalue weighted by atomic mass is 9.80. The van der Waals surface area contributed by atoms with Crippen LogP contribution in [-0.2, 0) is 6.54 Å². The van der Waals surface area contributed by atoms with Crippen LogP contribution in [0.3, 0.4) is 0 Å². The Morgan fingerprint density at radius 3 is 2.72 bits per heavy atom. The second-order valence-electron chi connectivity index (χ2n) is 5.46. The smallest absolute Gasteiger partial charge is 0.0959 e.